The van der Waals surface area contributed by atoms with E-state index in [9.17, 15) is 0 Å². The largest absolute Gasteiger partial charge is 0.491 e. The Hall–Kier alpha value is -1.06. The summed E-state index contributed by atoms with van der Waals surface area (Å²) in [4.78, 5) is 0. The number of nitrogens with two attached hydrogens (primary N) is 1. The summed E-state index contributed by atoms with van der Waals surface area (Å²) in [6, 6.07) is 5.86. The molecule has 0 radical (unpaired) electrons. The molecule has 1 aromatic carbocycles. The van der Waals surface area contributed by atoms with Gasteiger partial charge in [0.1, 0.15) is 12.4 Å². The second-order valence-corrected chi connectivity index (χ2v) is 3.99. The van der Waals surface area contributed by atoms with Gasteiger partial charge in [0.15, 0.2) is 0 Å². The van der Waals surface area contributed by atoms with Gasteiger partial charge in [0.05, 0.1) is 6.10 Å². The van der Waals surface area contributed by atoms with Gasteiger partial charge in [0, 0.05) is 11.6 Å². The summed E-state index contributed by atoms with van der Waals surface area (Å²) < 4.78 is 5.51. The number of aliphatic hydroxyl groups is 1. The number of hydrogen-bond acceptors (Lipinski definition) is 3. The fraction of sp³-hybridized carbons (Fsp3) is 0.500. The van der Waals surface area contributed by atoms with Gasteiger partial charge < -0.3 is 15.6 Å². The third-order valence-corrected chi connectivity index (χ3v) is 2.14. The van der Waals surface area contributed by atoms with Crippen molar-refractivity contribution in [2.45, 2.75) is 32.9 Å². The van der Waals surface area contributed by atoms with Crippen molar-refractivity contribution in [2.24, 2.45) is 5.73 Å². The highest BCUT2D eigenvalue weighted by atomic mass is 16.5. The van der Waals surface area contributed by atoms with Crippen LogP contribution in [-0.2, 0) is 0 Å². The van der Waals surface area contributed by atoms with Crippen LogP contribution in [0, 0.1) is 6.92 Å². The Labute approximate surface area is 90.9 Å². The summed E-state index contributed by atoms with van der Waals surface area (Å²) in [5.41, 5.74) is 7.93. The Bertz CT molecular complexity index is 321. The Kier molecular flexibility index (Phi) is 4.12. The number of aliphatic hydroxyl groups excluding tert-OH is 1. The average molecular weight is 209 g/mol. The van der Waals surface area contributed by atoms with Crippen LogP contribution in [0.25, 0.3) is 0 Å². The van der Waals surface area contributed by atoms with E-state index in [1.165, 1.54) is 0 Å². The molecule has 2 atom stereocenters. The molecule has 0 amide bonds. The Morgan fingerprint density at radius 2 is 2.07 bits per heavy atom. The summed E-state index contributed by atoms with van der Waals surface area (Å²) in [5, 5.41) is 9.16. The summed E-state index contributed by atoms with van der Waals surface area (Å²) in [5.74, 6) is 0.769. The van der Waals surface area contributed by atoms with Crippen molar-refractivity contribution in [1.82, 2.24) is 0 Å². The van der Waals surface area contributed by atoms with Crippen molar-refractivity contribution in [3.8, 4) is 5.75 Å². The first-order valence-corrected chi connectivity index (χ1v) is 5.17. The normalized spacial score (nSPS) is 14.7. The number of hydrogen-bond donors (Lipinski definition) is 2. The standard InChI is InChI=1S/C12H19NO2/c1-8-4-5-11(10(3)13)12(6-8)15-7-9(2)14/h4-6,9-10,14H,7,13H2,1-3H3/t9?,10-/m1/s1. The molecule has 3 heteroatoms. The molecule has 0 aliphatic carbocycles. The van der Waals surface area contributed by atoms with Gasteiger partial charge in [-0.3, -0.25) is 0 Å². The highest BCUT2D eigenvalue weighted by molar-refractivity contribution is 5.38. The van der Waals surface area contributed by atoms with E-state index in [-0.39, 0.29) is 6.04 Å². The molecule has 3 nitrogen and oxygen atoms in total. The van der Waals surface area contributed by atoms with Gasteiger partial charge in [-0.15, -0.1) is 0 Å². The van der Waals surface area contributed by atoms with E-state index in [4.69, 9.17) is 15.6 Å². The van der Waals surface area contributed by atoms with Gasteiger partial charge in [-0.05, 0) is 32.4 Å². The minimum Gasteiger partial charge on any atom is -0.491 e. The van der Waals surface area contributed by atoms with Gasteiger partial charge >= 0.3 is 0 Å². The minimum atomic E-state index is -0.466. The number of ether oxygens (including phenoxy) is 1. The van der Waals surface area contributed by atoms with Crippen molar-refractivity contribution >= 4 is 0 Å². The zero-order chi connectivity index (χ0) is 11.4. The lowest BCUT2D eigenvalue weighted by molar-refractivity contribution is 0.122. The molecule has 0 heterocycles. The zero-order valence-electron chi connectivity index (χ0n) is 9.53. The quantitative estimate of drug-likeness (QED) is 0.794. The third-order valence-electron chi connectivity index (χ3n) is 2.14. The molecule has 0 saturated heterocycles. The van der Waals surface area contributed by atoms with Crippen molar-refractivity contribution in [1.29, 1.82) is 0 Å². The Morgan fingerprint density at radius 1 is 1.40 bits per heavy atom. The van der Waals surface area contributed by atoms with Crippen molar-refractivity contribution in [3.05, 3.63) is 29.3 Å². The smallest absolute Gasteiger partial charge is 0.124 e. The van der Waals surface area contributed by atoms with Crippen LogP contribution in [0.1, 0.15) is 31.0 Å². The molecule has 0 fully saturated rings. The number of aryl methyl sites for hydroxylation is 1. The Balaban J connectivity index is 2.87. The van der Waals surface area contributed by atoms with Crippen LogP contribution in [0.2, 0.25) is 0 Å². The van der Waals surface area contributed by atoms with Crippen LogP contribution < -0.4 is 10.5 Å². The SMILES string of the molecule is Cc1ccc([C@@H](C)N)c(OCC(C)O)c1. The van der Waals surface area contributed by atoms with Crippen molar-refractivity contribution in [2.75, 3.05) is 6.61 Å². The van der Waals surface area contributed by atoms with Gasteiger partial charge in [0.2, 0.25) is 0 Å². The van der Waals surface area contributed by atoms with Crippen LogP contribution in [0.5, 0.6) is 5.75 Å². The van der Waals surface area contributed by atoms with Crippen molar-refractivity contribution in [3.63, 3.8) is 0 Å². The van der Waals surface area contributed by atoms with E-state index in [1.807, 2.05) is 32.0 Å². The molecular weight excluding hydrogens is 190 g/mol. The molecule has 0 aliphatic rings. The van der Waals surface area contributed by atoms with Crippen LogP contribution in [0.3, 0.4) is 0 Å². The van der Waals surface area contributed by atoms with E-state index in [2.05, 4.69) is 0 Å². The van der Waals surface area contributed by atoms with Crippen LogP contribution >= 0.6 is 0 Å². The number of rotatable bonds is 4. The molecule has 3 N–H and O–H groups in total. The molecule has 0 spiro atoms. The second-order valence-electron chi connectivity index (χ2n) is 3.99. The fourth-order valence-corrected chi connectivity index (χ4v) is 1.35. The van der Waals surface area contributed by atoms with Gasteiger partial charge in [-0.1, -0.05) is 12.1 Å². The van der Waals surface area contributed by atoms with Crippen LogP contribution in [0.15, 0.2) is 18.2 Å². The average Bonchev–Trinajstić information content (AvgIpc) is 2.14. The molecule has 0 bridgehead atoms. The van der Waals surface area contributed by atoms with E-state index < -0.39 is 6.10 Å². The highest BCUT2D eigenvalue weighted by Crippen LogP contribution is 2.25. The first kappa shape index (κ1) is 12.0. The van der Waals surface area contributed by atoms with Crippen molar-refractivity contribution < 1.29 is 9.84 Å². The zero-order valence-corrected chi connectivity index (χ0v) is 9.53. The lowest BCUT2D eigenvalue weighted by Gasteiger charge is -2.15. The molecular formula is C12H19NO2. The summed E-state index contributed by atoms with van der Waals surface area (Å²) in [6.45, 7) is 5.91. The predicted octanol–water partition coefficient (Wildman–Crippen LogP) is 1.77. The van der Waals surface area contributed by atoms with E-state index in [1.54, 1.807) is 6.92 Å². The fourth-order valence-electron chi connectivity index (χ4n) is 1.35. The first-order valence-electron chi connectivity index (χ1n) is 5.17. The molecule has 0 saturated carbocycles. The Morgan fingerprint density at radius 3 is 2.60 bits per heavy atom. The lowest BCUT2D eigenvalue weighted by Crippen LogP contribution is -2.15. The van der Waals surface area contributed by atoms with Gasteiger partial charge in [-0.25, -0.2) is 0 Å². The molecule has 84 valence electrons. The third kappa shape index (κ3) is 3.53. The molecule has 1 rings (SSSR count). The first-order chi connectivity index (χ1) is 7.00. The predicted molar refractivity (Wildman–Crippen MR) is 61.0 cm³/mol. The van der Waals surface area contributed by atoms with Gasteiger partial charge in [-0.2, -0.15) is 0 Å². The lowest BCUT2D eigenvalue weighted by atomic mass is 10.1. The summed E-state index contributed by atoms with van der Waals surface area (Å²) >= 11 is 0. The van der Waals surface area contributed by atoms with E-state index >= 15 is 0 Å². The molecule has 1 aromatic rings. The molecule has 1 unspecified atom stereocenters. The monoisotopic (exact) mass is 209 g/mol. The highest BCUT2D eigenvalue weighted by Gasteiger charge is 2.09. The molecule has 0 aliphatic heterocycles. The second kappa shape index (κ2) is 5.14. The topological polar surface area (TPSA) is 55.5 Å². The minimum absolute atomic E-state index is 0.0606. The number of benzene rings is 1. The van der Waals surface area contributed by atoms with Crippen LogP contribution in [-0.4, -0.2) is 17.8 Å². The maximum atomic E-state index is 9.16. The van der Waals surface area contributed by atoms with Crippen LogP contribution in [0.4, 0.5) is 0 Å². The molecule has 15 heavy (non-hydrogen) atoms. The summed E-state index contributed by atoms with van der Waals surface area (Å²) in [6.07, 6.45) is -0.466. The summed E-state index contributed by atoms with van der Waals surface area (Å²) in [7, 11) is 0. The maximum Gasteiger partial charge on any atom is 0.124 e. The van der Waals surface area contributed by atoms with E-state index in [0.29, 0.717) is 6.61 Å². The van der Waals surface area contributed by atoms with E-state index in [0.717, 1.165) is 16.9 Å². The van der Waals surface area contributed by atoms with Gasteiger partial charge in [0.25, 0.3) is 0 Å². The maximum absolute atomic E-state index is 9.16. The molecule has 0 aromatic heterocycles.